The number of nitrogens with zero attached hydrogens (tertiary/aromatic N) is 2. The fraction of sp³-hybridized carbons (Fsp3) is 0.333. The summed E-state index contributed by atoms with van der Waals surface area (Å²) in [7, 11) is 0. The van der Waals surface area contributed by atoms with Crippen molar-refractivity contribution in [1.82, 2.24) is 10.2 Å². The van der Waals surface area contributed by atoms with Gasteiger partial charge in [-0.2, -0.15) is 0 Å². The smallest absolute Gasteiger partial charge is 0.318 e. The van der Waals surface area contributed by atoms with Gasteiger partial charge >= 0.3 is 6.03 Å². The Morgan fingerprint density at radius 1 is 1.08 bits per heavy atom. The van der Waals surface area contributed by atoms with Crippen LogP contribution in [0.5, 0.6) is 0 Å². The molecule has 26 heavy (non-hydrogen) atoms. The summed E-state index contributed by atoms with van der Waals surface area (Å²) < 4.78 is 0. The summed E-state index contributed by atoms with van der Waals surface area (Å²) in [6.07, 6.45) is 1.52. The molecule has 2 aliphatic rings. The molecule has 5 nitrogen and oxygen atoms in total. The fourth-order valence-corrected chi connectivity index (χ4v) is 3.72. The summed E-state index contributed by atoms with van der Waals surface area (Å²) in [6, 6.07) is 15.9. The highest BCUT2D eigenvalue weighted by Gasteiger charge is 2.25. The highest BCUT2D eigenvalue weighted by molar-refractivity contribution is 5.95. The van der Waals surface area contributed by atoms with Crippen molar-refractivity contribution in [1.29, 1.82) is 0 Å². The summed E-state index contributed by atoms with van der Waals surface area (Å²) in [5, 5.41) is 3.09. The lowest BCUT2D eigenvalue weighted by molar-refractivity contribution is -0.117. The van der Waals surface area contributed by atoms with Gasteiger partial charge in [-0.25, -0.2) is 4.79 Å². The number of carbonyl (C=O) groups excluding carboxylic acids is 2. The fourth-order valence-electron chi connectivity index (χ4n) is 3.72. The summed E-state index contributed by atoms with van der Waals surface area (Å²) in [5.74, 6) is 0.175. The molecule has 1 atom stereocenters. The molecule has 2 aliphatic heterocycles. The molecule has 134 valence electrons. The minimum atomic E-state index is -0.121. The van der Waals surface area contributed by atoms with Crippen molar-refractivity contribution < 1.29 is 9.59 Å². The molecule has 0 spiro atoms. The topological polar surface area (TPSA) is 52.7 Å². The Hall–Kier alpha value is -2.82. The zero-order chi connectivity index (χ0) is 18.1. The molecule has 4 rings (SSSR count). The van der Waals surface area contributed by atoms with Crippen molar-refractivity contribution in [3.8, 4) is 0 Å². The van der Waals surface area contributed by atoms with Crippen molar-refractivity contribution >= 4 is 17.6 Å². The molecule has 3 amide bonds. The van der Waals surface area contributed by atoms with Crippen LogP contribution in [0.1, 0.15) is 42.5 Å². The zero-order valence-electron chi connectivity index (χ0n) is 14.9. The second-order valence-electron chi connectivity index (χ2n) is 7.04. The molecule has 5 heteroatoms. The van der Waals surface area contributed by atoms with Crippen LogP contribution < -0.4 is 10.2 Å². The summed E-state index contributed by atoms with van der Waals surface area (Å²) in [5.41, 5.74) is 4.35. The predicted octanol–water partition coefficient (Wildman–Crippen LogP) is 3.60. The van der Waals surface area contributed by atoms with Gasteiger partial charge < -0.3 is 15.1 Å². The third-order valence-corrected chi connectivity index (χ3v) is 5.22. The molecule has 2 aromatic carbocycles. The van der Waals surface area contributed by atoms with E-state index in [1.807, 2.05) is 53.1 Å². The number of rotatable bonds is 3. The van der Waals surface area contributed by atoms with Gasteiger partial charge in [0, 0.05) is 31.7 Å². The van der Waals surface area contributed by atoms with Crippen LogP contribution in [-0.2, 0) is 17.9 Å². The van der Waals surface area contributed by atoms with Gasteiger partial charge in [-0.15, -0.1) is 0 Å². The lowest BCUT2D eigenvalue weighted by atomic mass is 10.1. The van der Waals surface area contributed by atoms with Gasteiger partial charge in [-0.3, -0.25) is 4.79 Å². The molecule has 1 saturated heterocycles. The van der Waals surface area contributed by atoms with E-state index >= 15 is 0 Å². The maximum absolute atomic E-state index is 12.6. The number of anilines is 1. The standard InChI is InChI=1S/C21H23N3O2/c1-15(16-8-4-9-19(12-16)24-11-5-10-20(24)25)22-21(26)23-13-17-6-2-3-7-18(17)14-23/h2-4,6-9,12,15H,5,10-11,13-14H2,1H3,(H,22,26)/t15-/m0/s1. The van der Waals surface area contributed by atoms with Gasteiger partial charge in [0.1, 0.15) is 0 Å². The largest absolute Gasteiger partial charge is 0.331 e. The number of amides is 3. The molecule has 0 aromatic heterocycles. The number of urea groups is 1. The van der Waals surface area contributed by atoms with Crippen LogP contribution in [0.2, 0.25) is 0 Å². The van der Waals surface area contributed by atoms with Crippen molar-refractivity contribution in [3.63, 3.8) is 0 Å². The van der Waals surface area contributed by atoms with Crippen molar-refractivity contribution in [2.24, 2.45) is 0 Å². The van der Waals surface area contributed by atoms with E-state index in [1.54, 1.807) is 0 Å². The number of hydrogen-bond acceptors (Lipinski definition) is 2. The van der Waals surface area contributed by atoms with Gasteiger partial charge in [0.05, 0.1) is 6.04 Å². The first kappa shape index (κ1) is 16.6. The second-order valence-corrected chi connectivity index (χ2v) is 7.04. The Kier molecular flexibility index (Phi) is 4.37. The quantitative estimate of drug-likeness (QED) is 0.920. The molecule has 1 fully saturated rings. The Morgan fingerprint density at radius 2 is 1.81 bits per heavy atom. The van der Waals surface area contributed by atoms with Crippen molar-refractivity contribution in [2.75, 3.05) is 11.4 Å². The molecule has 0 bridgehead atoms. The number of carbonyl (C=O) groups is 2. The van der Waals surface area contributed by atoms with E-state index in [2.05, 4.69) is 17.4 Å². The first-order chi connectivity index (χ1) is 12.6. The minimum Gasteiger partial charge on any atom is -0.331 e. The van der Waals surface area contributed by atoms with Crippen LogP contribution in [-0.4, -0.2) is 23.4 Å². The van der Waals surface area contributed by atoms with E-state index in [-0.39, 0.29) is 18.0 Å². The number of nitrogens with one attached hydrogen (secondary N) is 1. The van der Waals surface area contributed by atoms with Gasteiger partial charge in [0.15, 0.2) is 0 Å². The Balaban J connectivity index is 1.43. The van der Waals surface area contributed by atoms with E-state index < -0.39 is 0 Å². The van der Waals surface area contributed by atoms with E-state index in [1.165, 1.54) is 11.1 Å². The average molecular weight is 349 g/mol. The molecule has 2 heterocycles. The lowest BCUT2D eigenvalue weighted by Gasteiger charge is -2.22. The molecule has 0 unspecified atom stereocenters. The van der Waals surface area contributed by atoms with E-state index in [0.29, 0.717) is 19.5 Å². The molecule has 0 saturated carbocycles. The molecular formula is C21H23N3O2. The zero-order valence-corrected chi connectivity index (χ0v) is 14.9. The first-order valence-electron chi connectivity index (χ1n) is 9.14. The molecule has 0 aliphatic carbocycles. The van der Waals surface area contributed by atoms with Crippen LogP contribution in [0.4, 0.5) is 10.5 Å². The second kappa shape index (κ2) is 6.83. The summed E-state index contributed by atoms with van der Waals surface area (Å²) in [6.45, 7) is 4.05. The van der Waals surface area contributed by atoms with E-state index in [9.17, 15) is 9.59 Å². The van der Waals surface area contributed by atoms with Gasteiger partial charge in [0.25, 0.3) is 0 Å². The predicted molar refractivity (Wildman–Crippen MR) is 101 cm³/mol. The maximum Gasteiger partial charge on any atom is 0.318 e. The molecule has 1 N–H and O–H groups in total. The number of fused-ring (bicyclic) bond motifs is 1. The van der Waals surface area contributed by atoms with Gasteiger partial charge in [-0.05, 0) is 42.2 Å². The van der Waals surface area contributed by atoms with Gasteiger partial charge in [-0.1, -0.05) is 36.4 Å². The third-order valence-electron chi connectivity index (χ3n) is 5.22. The maximum atomic E-state index is 12.6. The van der Waals surface area contributed by atoms with Crippen LogP contribution in [0, 0.1) is 0 Å². The van der Waals surface area contributed by atoms with Crippen molar-refractivity contribution in [3.05, 3.63) is 65.2 Å². The van der Waals surface area contributed by atoms with E-state index in [4.69, 9.17) is 0 Å². The first-order valence-corrected chi connectivity index (χ1v) is 9.14. The van der Waals surface area contributed by atoms with Crippen LogP contribution in [0.15, 0.2) is 48.5 Å². The van der Waals surface area contributed by atoms with Crippen LogP contribution in [0.25, 0.3) is 0 Å². The van der Waals surface area contributed by atoms with E-state index in [0.717, 1.165) is 24.2 Å². The number of benzene rings is 2. The highest BCUT2D eigenvalue weighted by Crippen LogP contribution is 2.26. The normalized spacial score (nSPS) is 17.3. The minimum absolute atomic E-state index is 0.0589. The Morgan fingerprint density at radius 3 is 2.46 bits per heavy atom. The lowest BCUT2D eigenvalue weighted by Crippen LogP contribution is -2.37. The summed E-state index contributed by atoms with van der Waals surface area (Å²) >= 11 is 0. The average Bonchev–Trinajstić information content (AvgIpc) is 3.27. The van der Waals surface area contributed by atoms with Crippen LogP contribution >= 0.6 is 0 Å². The SMILES string of the molecule is C[C@H](NC(=O)N1Cc2ccccc2C1)c1cccc(N2CCCC2=O)c1. The number of hydrogen-bond donors (Lipinski definition) is 1. The molecule has 2 aromatic rings. The van der Waals surface area contributed by atoms with Crippen molar-refractivity contribution in [2.45, 2.75) is 38.9 Å². The van der Waals surface area contributed by atoms with Crippen LogP contribution in [0.3, 0.4) is 0 Å². The molecular weight excluding hydrogens is 326 g/mol. The Bertz CT molecular complexity index is 824. The highest BCUT2D eigenvalue weighted by atomic mass is 16.2. The monoisotopic (exact) mass is 349 g/mol. The molecule has 0 radical (unpaired) electrons. The third kappa shape index (κ3) is 3.17. The summed E-state index contributed by atoms with van der Waals surface area (Å²) in [4.78, 5) is 28.3. The van der Waals surface area contributed by atoms with Gasteiger partial charge in [0.2, 0.25) is 5.91 Å². The Labute approximate surface area is 153 Å².